The molecule has 0 saturated carbocycles. The van der Waals surface area contributed by atoms with Crippen molar-refractivity contribution in [3.05, 3.63) is 27.2 Å². The van der Waals surface area contributed by atoms with Gasteiger partial charge in [0.1, 0.15) is 0 Å². The van der Waals surface area contributed by atoms with Gasteiger partial charge < -0.3 is 5.32 Å². The Morgan fingerprint density at radius 1 is 1.19 bits per heavy atom. The van der Waals surface area contributed by atoms with Crippen LogP contribution in [0.1, 0.15) is 26.7 Å². The van der Waals surface area contributed by atoms with E-state index in [2.05, 4.69) is 17.1 Å². The fraction of sp³-hybridized carbons (Fsp3) is 0.533. The molecule has 3 nitrogen and oxygen atoms in total. The number of amides is 1. The Morgan fingerprint density at radius 2 is 1.76 bits per heavy atom. The molecule has 1 unspecified atom stereocenters. The molecule has 1 atom stereocenters. The van der Waals surface area contributed by atoms with Crippen LogP contribution in [-0.4, -0.2) is 29.9 Å². The van der Waals surface area contributed by atoms with Gasteiger partial charge in [-0.25, -0.2) is 0 Å². The summed E-state index contributed by atoms with van der Waals surface area (Å²) < 4.78 is 0. The van der Waals surface area contributed by atoms with Crippen LogP contribution in [0.2, 0.25) is 15.1 Å². The van der Waals surface area contributed by atoms with Gasteiger partial charge in [-0.15, -0.1) is 0 Å². The molecule has 1 aliphatic heterocycles. The molecule has 116 valence electrons. The highest BCUT2D eigenvalue weighted by Crippen LogP contribution is 2.32. The van der Waals surface area contributed by atoms with E-state index in [1.807, 2.05) is 6.92 Å². The number of rotatable bonds is 3. The lowest BCUT2D eigenvalue weighted by Gasteiger charge is -2.34. The molecule has 0 aromatic heterocycles. The number of nitrogens with zero attached hydrogens (tertiary/aromatic N) is 1. The number of likely N-dealkylation sites (tertiary alicyclic amines) is 1. The smallest absolute Gasteiger partial charge is 0.241 e. The molecular formula is C15H19Cl3N2O. The minimum absolute atomic E-state index is 0.0788. The van der Waals surface area contributed by atoms with Gasteiger partial charge in [0, 0.05) is 0 Å². The van der Waals surface area contributed by atoms with Crippen LogP contribution in [0.5, 0.6) is 0 Å². The summed E-state index contributed by atoms with van der Waals surface area (Å²) in [5, 5.41) is 3.96. The third-order valence-corrected chi connectivity index (χ3v) is 5.05. The quantitative estimate of drug-likeness (QED) is 0.802. The maximum absolute atomic E-state index is 12.4. The van der Waals surface area contributed by atoms with Crippen molar-refractivity contribution in [3.8, 4) is 0 Å². The summed E-state index contributed by atoms with van der Waals surface area (Å²) >= 11 is 17.9. The van der Waals surface area contributed by atoms with Crippen LogP contribution in [0.25, 0.3) is 0 Å². The number of carbonyl (C=O) groups is 1. The van der Waals surface area contributed by atoms with Crippen LogP contribution in [0.3, 0.4) is 0 Å². The summed E-state index contributed by atoms with van der Waals surface area (Å²) in [6.45, 7) is 6.06. The minimum Gasteiger partial charge on any atom is -0.323 e. The fourth-order valence-electron chi connectivity index (χ4n) is 2.44. The predicted octanol–water partition coefficient (Wildman–Crippen LogP) is 4.71. The molecule has 1 aromatic carbocycles. The van der Waals surface area contributed by atoms with Crippen LogP contribution in [0.15, 0.2) is 12.1 Å². The lowest BCUT2D eigenvalue weighted by molar-refractivity contribution is -0.121. The Labute approximate surface area is 140 Å². The molecule has 1 saturated heterocycles. The molecule has 1 N–H and O–H groups in total. The Kier molecular flexibility index (Phi) is 5.78. The summed E-state index contributed by atoms with van der Waals surface area (Å²) in [5.41, 5.74) is 0.494. The van der Waals surface area contributed by atoms with E-state index >= 15 is 0 Å². The number of hydrogen-bond acceptors (Lipinski definition) is 2. The predicted molar refractivity (Wildman–Crippen MR) is 89.5 cm³/mol. The molecule has 6 heteroatoms. The highest BCUT2D eigenvalue weighted by molar-refractivity contribution is 6.44. The van der Waals surface area contributed by atoms with Crippen molar-refractivity contribution in [1.82, 2.24) is 4.90 Å². The molecule has 2 rings (SSSR count). The van der Waals surface area contributed by atoms with Crippen molar-refractivity contribution < 1.29 is 4.79 Å². The van der Waals surface area contributed by atoms with Gasteiger partial charge in [-0.2, -0.15) is 0 Å². The first-order valence-electron chi connectivity index (χ1n) is 7.08. The maximum Gasteiger partial charge on any atom is 0.241 e. The molecule has 0 bridgehead atoms. The zero-order valence-electron chi connectivity index (χ0n) is 12.1. The summed E-state index contributed by atoms with van der Waals surface area (Å²) in [7, 11) is 0. The standard InChI is InChI=1S/C15H19Cl3N2O/c1-9-3-5-20(6-4-9)10(2)15(21)19-14-8-12(17)11(16)7-13(14)18/h7-10H,3-6H2,1-2H3,(H,19,21). The lowest BCUT2D eigenvalue weighted by atomic mass is 9.98. The van der Waals surface area contributed by atoms with Gasteiger partial charge in [0.25, 0.3) is 0 Å². The van der Waals surface area contributed by atoms with E-state index in [1.165, 1.54) is 6.07 Å². The van der Waals surface area contributed by atoms with Gasteiger partial charge >= 0.3 is 0 Å². The van der Waals surface area contributed by atoms with E-state index in [1.54, 1.807) is 6.07 Å². The average molecular weight is 350 g/mol. The molecule has 0 aliphatic carbocycles. The third-order valence-electron chi connectivity index (χ3n) is 4.01. The molecular weight excluding hydrogens is 331 g/mol. The third kappa shape index (κ3) is 4.26. The molecule has 1 amide bonds. The van der Waals surface area contributed by atoms with Crippen LogP contribution in [0.4, 0.5) is 5.69 Å². The van der Waals surface area contributed by atoms with E-state index in [0.29, 0.717) is 20.8 Å². The van der Waals surface area contributed by atoms with E-state index in [-0.39, 0.29) is 11.9 Å². The second kappa shape index (κ2) is 7.19. The largest absolute Gasteiger partial charge is 0.323 e. The fourth-order valence-corrected chi connectivity index (χ4v) is 3.03. The summed E-state index contributed by atoms with van der Waals surface area (Å²) in [4.78, 5) is 14.5. The monoisotopic (exact) mass is 348 g/mol. The zero-order chi connectivity index (χ0) is 15.6. The van der Waals surface area contributed by atoms with Crippen molar-refractivity contribution in [2.75, 3.05) is 18.4 Å². The normalized spacial score (nSPS) is 18.5. The van der Waals surface area contributed by atoms with Gasteiger partial charge in [0.05, 0.1) is 26.8 Å². The van der Waals surface area contributed by atoms with Crippen LogP contribution in [0, 0.1) is 5.92 Å². The van der Waals surface area contributed by atoms with Crippen LogP contribution < -0.4 is 5.32 Å². The van der Waals surface area contributed by atoms with Gasteiger partial charge in [-0.3, -0.25) is 9.69 Å². The molecule has 1 aromatic rings. The lowest BCUT2D eigenvalue weighted by Crippen LogP contribution is -2.45. The first kappa shape index (κ1) is 16.9. The van der Waals surface area contributed by atoms with Gasteiger partial charge in [0.15, 0.2) is 0 Å². The van der Waals surface area contributed by atoms with Crippen LogP contribution >= 0.6 is 34.8 Å². The van der Waals surface area contributed by atoms with Gasteiger partial charge in [-0.05, 0) is 50.9 Å². The van der Waals surface area contributed by atoms with Crippen molar-refractivity contribution in [2.24, 2.45) is 5.92 Å². The molecule has 21 heavy (non-hydrogen) atoms. The van der Waals surface area contributed by atoms with Gasteiger partial charge in [0.2, 0.25) is 5.91 Å². The Bertz CT molecular complexity index is 528. The molecule has 1 aliphatic rings. The Morgan fingerprint density at radius 3 is 2.38 bits per heavy atom. The summed E-state index contributed by atoms with van der Waals surface area (Å²) in [6, 6.07) is 2.92. The van der Waals surface area contributed by atoms with E-state index in [0.717, 1.165) is 31.8 Å². The second-order valence-corrected chi connectivity index (χ2v) is 6.85. The number of nitrogens with one attached hydrogen (secondary N) is 1. The van der Waals surface area contributed by atoms with Crippen molar-refractivity contribution >= 4 is 46.4 Å². The number of anilines is 1. The Hall–Kier alpha value is -0.480. The Balaban J connectivity index is 2.02. The molecule has 1 heterocycles. The average Bonchev–Trinajstić information content (AvgIpc) is 2.44. The second-order valence-electron chi connectivity index (χ2n) is 5.63. The molecule has 1 fully saturated rings. The number of halogens is 3. The highest BCUT2D eigenvalue weighted by atomic mass is 35.5. The number of carbonyl (C=O) groups excluding carboxylic acids is 1. The molecule has 0 spiro atoms. The van der Waals surface area contributed by atoms with Gasteiger partial charge in [-0.1, -0.05) is 41.7 Å². The van der Waals surface area contributed by atoms with E-state index < -0.39 is 0 Å². The number of hydrogen-bond donors (Lipinski definition) is 1. The summed E-state index contributed by atoms with van der Waals surface area (Å²) in [5.74, 6) is 0.658. The van der Waals surface area contributed by atoms with Crippen LogP contribution in [-0.2, 0) is 4.79 Å². The van der Waals surface area contributed by atoms with E-state index in [9.17, 15) is 4.79 Å². The van der Waals surface area contributed by atoms with Crippen molar-refractivity contribution in [2.45, 2.75) is 32.7 Å². The number of piperidine rings is 1. The van der Waals surface area contributed by atoms with Crippen molar-refractivity contribution in [3.63, 3.8) is 0 Å². The maximum atomic E-state index is 12.4. The minimum atomic E-state index is -0.192. The van der Waals surface area contributed by atoms with Crippen molar-refractivity contribution in [1.29, 1.82) is 0 Å². The summed E-state index contributed by atoms with van der Waals surface area (Å²) in [6.07, 6.45) is 2.26. The van der Waals surface area contributed by atoms with E-state index in [4.69, 9.17) is 34.8 Å². The molecule has 0 radical (unpaired) electrons. The first-order valence-corrected chi connectivity index (χ1v) is 8.21. The topological polar surface area (TPSA) is 32.3 Å². The number of benzene rings is 1. The first-order chi connectivity index (χ1) is 9.88. The SMILES string of the molecule is CC1CCN(C(C)C(=O)Nc2cc(Cl)c(Cl)cc2Cl)CC1. The zero-order valence-corrected chi connectivity index (χ0v) is 14.4. The highest BCUT2D eigenvalue weighted by Gasteiger charge is 2.25.